The second kappa shape index (κ2) is 6.77. The molecule has 0 bridgehead atoms. The number of hydrogen-bond acceptors (Lipinski definition) is 3. The first-order valence-corrected chi connectivity index (χ1v) is 7.28. The van der Waals surface area contributed by atoms with Crippen molar-refractivity contribution in [1.29, 1.82) is 0 Å². The van der Waals surface area contributed by atoms with Crippen LogP contribution in [-0.2, 0) is 0 Å². The second-order valence-corrected chi connectivity index (χ2v) is 5.97. The van der Waals surface area contributed by atoms with Gasteiger partial charge in [-0.15, -0.1) is 0 Å². The van der Waals surface area contributed by atoms with Gasteiger partial charge >= 0.3 is 0 Å². The lowest BCUT2D eigenvalue weighted by molar-refractivity contribution is 0.125. The highest BCUT2D eigenvalue weighted by molar-refractivity contribution is 7.99. The Kier molecular flexibility index (Phi) is 6.02. The summed E-state index contributed by atoms with van der Waals surface area (Å²) in [6.45, 7) is 5.62. The Morgan fingerprint density at radius 3 is 2.87 bits per heavy atom. The summed E-state index contributed by atoms with van der Waals surface area (Å²) in [6, 6.07) is 0. The monoisotopic (exact) mass is 231 g/mol. The Hall–Kier alpha value is 0.270. The van der Waals surface area contributed by atoms with Gasteiger partial charge in [0.2, 0.25) is 0 Å². The van der Waals surface area contributed by atoms with Crippen molar-refractivity contribution in [2.24, 2.45) is 0 Å². The van der Waals surface area contributed by atoms with Gasteiger partial charge in [-0.3, -0.25) is 0 Å². The molecule has 2 N–H and O–H groups in total. The van der Waals surface area contributed by atoms with Gasteiger partial charge < -0.3 is 10.4 Å². The van der Waals surface area contributed by atoms with Crippen LogP contribution in [0.25, 0.3) is 0 Å². The van der Waals surface area contributed by atoms with Crippen LogP contribution in [0.15, 0.2) is 0 Å². The van der Waals surface area contributed by atoms with Crippen molar-refractivity contribution in [3.8, 4) is 0 Å². The zero-order valence-electron chi connectivity index (χ0n) is 10.1. The zero-order chi connectivity index (χ0) is 11.1. The fourth-order valence-electron chi connectivity index (χ4n) is 2.47. The smallest absolute Gasteiger partial charge is 0.0613 e. The molecule has 0 aromatic heterocycles. The maximum Gasteiger partial charge on any atom is 0.0613 e. The van der Waals surface area contributed by atoms with Crippen LogP contribution in [0, 0.1) is 0 Å². The normalized spacial score (nSPS) is 31.8. The van der Waals surface area contributed by atoms with E-state index >= 15 is 0 Å². The van der Waals surface area contributed by atoms with Gasteiger partial charge in [0.1, 0.15) is 0 Å². The van der Waals surface area contributed by atoms with Crippen molar-refractivity contribution in [2.75, 3.05) is 18.9 Å². The topological polar surface area (TPSA) is 32.3 Å². The van der Waals surface area contributed by atoms with Crippen LogP contribution in [0.3, 0.4) is 0 Å². The number of hydrogen-bond donors (Lipinski definition) is 2. The second-order valence-electron chi connectivity index (χ2n) is 4.56. The van der Waals surface area contributed by atoms with E-state index in [2.05, 4.69) is 30.9 Å². The van der Waals surface area contributed by atoms with Crippen LogP contribution < -0.4 is 5.32 Å². The molecule has 90 valence electrons. The molecule has 15 heavy (non-hydrogen) atoms. The van der Waals surface area contributed by atoms with Crippen LogP contribution in [0.4, 0.5) is 0 Å². The molecule has 0 radical (unpaired) electrons. The maximum absolute atomic E-state index is 9.54. The average Bonchev–Trinajstić information content (AvgIpc) is 2.27. The minimum Gasteiger partial charge on any atom is -0.394 e. The van der Waals surface area contributed by atoms with Crippen molar-refractivity contribution >= 4 is 11.8 Å². The van der Waals surface area contributed by atoms with E-state index < -0.39 is 0 Å². The third-order valence-corrected chi connectivity index (χ3v) is 4.73. The van der Waals surface area contributed by atoms with Crippen molar-refractivity contribution in [1.82, 2.24) is 5.32 Å². The van der Waals surface area contributed by atoms with Crippen LogP contribution in [-0.4, -0.2) is 34.8 Å². The molecular weight excluding hydrogens is 206 g/mol. The maximum atomic E-state index is 9.54. The van der Waals surface area contributed by atoms with Gasteiger partial charge in [-0.25, -0.2) is 0 Å². The quantitative estimate of drug-likeness (QED) is 0.736. The highest BCUT2D eigenvalue weighted by Crippen LogP contribution is 2.35. The highest BCUT2D eigenvalue weighted by atomic mass is 32.2. The zero-order valence-corrected chi connectivity index (χ0v) is 10.9. The van der Waals surface area contributed by atoms with Crippen LogP contribution in [0.2, 0.25) is 0 Å². The van der Waals surface area contributed by atoms with Gasteiger partial charge in [0.15, 0.2) is 0 Å². The number of aliphatic hydroxyl groups excluding tert-OH is 1. The van der Waals surface area contributed by atoms with E-state index in [9.17, 15) is 5.11 Å². The standard InChI is InChI=1S/C12H25NOS/c1-3-8-15-11-6-5-7-12(9-11,10-14)13-4-2/h11,13-14H,3-10H2,1-2H3. The molecule has 0 amide bonds. The third kappa shape index (κ3) is 3.97. The van der Waals surface area contributed by atoms with E-state index in [-0.39, 0.29) is 5.54 Å². The summed E-state index contributed by atoms with van der Waals surface area (Å²) in [6.07, 6.45) is 6.13. The highest BCUT2D eigenvalue weighted by Gasteiger charge is 2.34. The largest absolute Gasteiger partial charge is 0.394 e. The molecule has 2 atom stereocenters. The summed E-state index contributed by atoms with van der Waals surface area (Å²) in [5.74, 6) is 1.26. The van der Waals surface area contributed by atoms with Crippen LogP contribution in [0.5, 0.6) is 0 Å². The summed E-state index contributed by atoms with van der Waals surface area (Å²) >= 11 is 2.09. The number of rotatable bonds is 6. The van der Waals surface area contributed by atoms with E-state index in [4.69, 9.17) is 0 Å². The van der Waals surface area contributed by atoms with Gasteiger partial charge in [-0.2, -0.15) is 11.8 Å². The average molecular weight is 231 g/mol. The summed E-state index contributed by atoms with van der Waals surface area (Å²) in [5, 5.41) is 13.8. The van der Waals surface area contributed by atoms with Crippen LogP contribution in [0.1, 0.15) is 46.0 Å². The van der Waals surface area contributed by atoms with Gasteiger partial charge in [0.25, 0.3) is 0 Å². The molecule has 2 nitrogen and oxygen atoms in total. The Balaban J connectivity index is 2.44. The lowest BCUT2D eigenvalue weighted by atomic mass is 9.82. The first-order valence-electron chi connectivity index (χ1n) is 6.24. The molecule has 2 unspecified atom stereocenters. The van der Waals surface area contributed by atoms with E-state index in [1.807, 2.05) is 0 Å². The molecular formula is C12H25NOS. The fraction of sp³-hybridized carbons (Fsp3) is 1.00. The lowest BCUT2D eigenvalue weighted by Gasteiger charge is -2.40. The fourth-order valence-corrected chi connectivity index (χ4v) is 3.81. The molecule has 1 aliphatic carbocycles. The number of likely N-dealkylation sites (N-methyl/N-ethyl adjacent to an activating group) is 1. The van der Waals surface area contributed by atoms with Crippen molar-refractivity contribution in [2.45, 2.75) is 56.7 Å². The molecule has 0 aromatic carbocycles. The predicted octanol–water partition coefficient (Wildman–Crippen LogP) is 2.41. The van der Waals surface area contributed by atoms with Crippen molar-refractivity contribution in [3.63, 3.8) is 0 Å². The minimum atomic E-state index is 0.0262. The Morgan fingerprint density at radius 1 is 1.47 bits per heavy atom. The van der Waals surface area contributed by atoms with E-state index in [0.717, 1.165) is 24.6 Å². The van der Waals surface area contributed by atoms with Gasteiger partial charge in [-0.1, -0.05) is 20.3 Å². The molecule has 1 fully saturated rings. The summed E-state index contributed by atoms with van der Waals surface area (Å²) in [5.41, 5.74) is 0.0262. The Morgan fingerprint density at radius 2 is 2.27 bits per heavy atom. The van der Waals surface area contributed by atoms with E-state index in [1.54, 1.807) is 0 Å². The van der Waals surface area contributed by atoms with E-state index in [0.29, 0.717) is 6.61 Å². The number of thioether (sulfide) groups is 1. The van der Waals surface area contributed by atoms with Gasteiger partial charge in [0.05, 0.1) is 6.61 Å². The molecule has 3 heteroatoms. The Labute approximate surface area is 98.2 Å². The Bertz CT molecular complexity index is 173. The van der Waals surface area contributed by atoms with Crippen LogP contribution >= 0.6 is 11.8 Å². The van der Waals surface area contributed by atoms with Crippen molar-refractivity contribution < 1.29 is 5.11 Å². The molecule has 1 saturated carbocycles. The number of aliphatic hydroxyl groups is 1. The summed E-state index contributed by atoms with van der Waals surface area (Å²) < 4.78 is 0. The first kappa shape index (κ1) is 13.3. The molecule has 0 heterocycles. The molecule has 0 spiro atoms. The molecule has 0 aromatic rings. The summed E-state index contributed by atoms with van der Waals surface area (Å²) in [7, 11) is 0. The minimum absolute atomic E-state index is 0.0262. The third-order valence-electron chi connectivity index (χ3n) is 3.21. The number of nitrogens with one attached hydrogen (secondary N) is 1. The first-order chi connectivity index (χ1) is 7.26. The molecule has 1 aliphatic rings. The van der Waals surface area contributed by atoms with Crippen molar-refractivity contribution in [3.05, 3.63) is 0 Å². The lowest BCUT2D eigenvalue weighted by Crippen LogP contribution is -2.52. The molecule has 0 saturated heterocycles. The SMILES string of the molecule is CCCSC1CCCC(CO)(NCC)C1. The van der Waals surface area contributed by atoms with Gasteiger partial charge in [-0.05, 0) is 38.0 Å². The molecule has 1 rings (SSSR count). The predicted molar refractivity (Wildman–Crippen MR) is 68.5 cm³/mol. The van der Waals surface area contributed by atoms with E-state index in [1.165, 1.54) is 25.0 Å². The molecule has 0 aliphatic heterocycles. The van der Waals surface area contributed by atoms with Gasteiger partial charge in [0, 0.05) is 10.8 Å². The summed E-state index contributed by atoms with van der Waals surface area (Å²) in [4.78, 5) is 0.